The molecule has 0 N–H and O–H groups in total. The highest BCUT2D eigenvalue weighted by atomic mass is 35.5. The third kappa shape index (κ3) is 5.23. The first-order valence-corrected chi connectivity index (χ1v) is 10.9. The van der Waals surface area contributed by atoms with Crippen LogP contribution in [-0.2, 0) is 11.3 Å². The molecule has 0 atom stereocenters. The topological polar surface area (TPSA) is 77.9 Å². The van der Waals surface area contributed by atoms with Gasteiger partial charge in [0, 0.05) is 52.0 Å². The zero-order chi connectivity index (χ0) is 21.8. The Bertz CT molecular complexity index is 895. The molecule has 0 saturated carbocycles. The van der Waals surface area contributed by atoms with E-state index in [1.807, 2.05) is 31.3 Å². The van der Waals surface area contributed by atoms with E-state index >= 15 is 0 Å². The molecule has 0 aromatic carbocycles. The van der Waals surface area contributed by atoms with Crippen molar-refractivity contribution in [2.75, 3.05) is 76.4 Å². The van der Waals surface area contributed by atoms with Crippen LogP contribution in [0.15, 0.2) is 24.5 Å². The second kappa shape index (κ2) is 9.76. The van der Waals surface area contributed by atoms with Crippen molar-refractivity contribution in [2.45, 2.75) is 6.54 Å². The summed E-state index contributed by atoms with van der Waals surface area (Å²) in [6.45, 7) is 6.13. The first-order valence-electron chi connectivity index (χ1n) is 10.5. The number of rotatable bonds is 5. The van der Waals surface area contributed by atoms with Gasteiger partial charge in [0.1, 0.15) is 5.82 Å². The number of morpholine rings is 1. The minimum Gasteiger partial charge on any atom is -0.378 e. The number of hydrogen-bond donors (Lipinski definition) is 0. The molecule has 2 saturated heterocycles. The van der Waals surface area contributed by atoms with E-state index in [4.69, 9.17) is 16.3 Å². The van der Waals surface area contributed by atoms with E-state index in [2.05, 4.69) is 30.8 Å². The fourth-order valence-corrected chi connectivity index (χ4v) is 3.95. The van der Waals surface area contributed by atoms with Gasteiger partial charge in [0.25, 0.3) is 5.91 Å². The molecule has 2 aliphatic rings. The maximum absolute atomic E-state index is 13.1. The number of carbonyl (C=O) groups excluding carboxylic acids is 1. The average molecular weight is 446 g/mol. The van der Waals surface area contributed by atoms with Gasteiger partial charge in [-0.25, -0.2) is 15.0 Å². The van der Waals surface area contributed by atoms with E-state index < -0.39 is 0 Å². The van der Waals surface area contributed by atoms with Gasteiger partial charge in [0.2, 0.25) is 5.95 Å². The quantitative estimate of drug-likeness (QED) is 0.683. The van der Waals surface area contributed by atoms with Gasteiger partial charge in [0.15, 0.2) is 5.69 Å². The van der Waals surface area contributed by atoms with Gasteiger partial charge in [-0.2, -0.15) is 0 Å². The highest BCUT2D eigenvalue weighted by Crippen LogP contribution is 2.21. The Morgan fingerprint density at radius 3 is 2.42 bits per heavy atom. The fourth-order valence-electron chi connectivity index (χ4n) is 3.77. The molecule has 2 fully saturated rings. The summed E-state index contributed by atoms with van der Waals surface area (Å²) in [5.74, 6) is 1.30. The normalized spacial score (nSPS) is 17.4. The predicted molar refractivity (Wildman–Crippen MR) is 120 cm³/mol. The lowest BCUT2D eigenvalue weighted by atomic mass is 10.2. The van der Waals surface area contributed by atoms with Crippen LogP contribution in [0.3, 0.4) is 0 Å². The molecule has 2 aromatic heterocycles. The van der Waals surface area contributed by atoms with Gasteiger partial charge in [-0.15, -0.1) is 0 Å². The summed E-state index contributed by atoms with van der Waals surface area (Å²) in [7, 11) is 4.08. The molecule has 31 heavy (non-hydrogen) atoms. The number of piperazine rings is 1. The predicted octanol–water partition coefficient (Wildman–Crippen LogP) is 1.39. The highest BCUT2D eigenvalue weighted by Gasteiger charge is 2.26. The summed E-state index contributed by atoms with van der Waals surface area (Å²) >= 11 is 6.28. The molecule has 0 unspecified atom stereocenters. The van der Waals surface area contributed by atoms with Crippen molar-refractivity contribution in [3.05, 3.63) is 40.8 Å². The molecule has 166 valence electrons. The number of halogens is 1. The largest absolute Gasteiger partial charge is 0.378 e. The van der Waals surface area contributed by atoms with Crippen molar-refractivity contribution >= 4 is 29.3 Å². The Labute approximate surface area is 187 Å². The minimum absolute atomic E-state index is 0.157. The van der Waals surface area contributed by atoms with Crippen LogP contribution in [0.4, 0.5) is 11.8 Å². The van der Waals surface area contributed by atoms with Gasteiger partial charge >= 0.3 is 0 Å². The Hall–Kier alpha value is -2.49. The van der Waals surface area contributed by atoms with Crippen molar-refractivity contribution in [2.24, 2.45) is 0 Å². The molecule has 4 rings (SSSR count). The molecule has 1 amide bonds. The van der Waals surface area contributed by atoms with E-state index in [-0.39, 0.29) is 16.6 Å². The van der Waals surface area contributed by atoms with Crippen LogP contribution in [-0.4, -0.2) is 97.2 Å². The Kier molecular flexibility index (Phi) is 6.84. The first-order chi connectivity index (χ1) is 15.0. The Morgan fingerprint density at radius 1 is 1.03 bits per heavy atom. The van der Waals surface area contributed by atoms with Crippen LogP contribution >= 0.6 is 11.6 Å². The zero-order valence-electron chi connectivity index (χ0n) is 18.0. The fraction of sp³-hybridized carbons (Fsp3) is 0.524. The number of anilines is 2. The summed E-state index contributed by atoms with van der Waals surface area (Å²) in [6, 6.07) is 4.15. The lowest BCUT2D eigenvalue weighted by Crippen LogP contribution is -2.49. The van der Waals surface area contributed by atoms with E-state index in [0.29, 0.717) is 58.4 Å². The molecule has 0 radical (unpaired) electrons. The molecule has 9 nitrogen and oxygen atoms in total. The first kappa shape index (κ1) is 21.7. The maximum Gasteiger partial charge on any atom is 0.274 e. The SMILES string of the molecule is CN(C)Cc1ccc(N2CCN(C(=O)c3nc(N4CCOCC4)ncc3Cl)CC2)nc1. The maximum atomic E-state index is 13.1. The molecule has 2 aromatic rings. The molecule has 0 aliphatic carbocycles. The molecule has 10 heteroatoms. The third-order valence-electron chi connectivity index (χ3n) is 5.43. The number of ether oxygens (including phenoxy) is 1. The number of aromatic nitrogens is 3. The van der Waals surface area contributed by atoms with E-state index in [1.54, 1.807) is 4.90 Å². The van der Waals surface area contributed by atoms with Crippen molar-refractivity contribution in [3.63, 3.8) is 0 Å². The lowest BCUT2D eigenvalue weighted by Gasteiger charge is -2.35. The highest BCUT2D eigenvalue weighted by molar-refractivity contribution is 6.33. The third-order valence-corrected chi connectivity index (χ3v) is 5.70. The number of pyridine rings is 1. The summed E-state index contributed by atoms with van der Waals surface area (Å²) < 4.78 is 5.38. The lowest BCUT2D eigenvalue weighted by molar-refractivity contribution is 0.0740. The van der Waals surface area contributed by atoms with Gasteiger partial charge < -0.3 is 24.3 Å². The summed E-state index contributed by atoms with van der Waals surface area (Å²) in [6.07, 6.45) is 3.43. The van der Waals surface area contributed by atoms with Crippen molar-refractivity contribution < 1.29 is 9.53 Å². The van der Waals surface area contributed by atoms with Crippen LogP contribution in [0, 0.1) is 0 Å². The average Bonchev–Trinajstić information content (AvgIpc) is 2.80. The Morgan fingerprint density at radius 2 is 1.77 bits per heavy atom. The van der Waals surface area contributed by atoms with Crippen LogP contribution in [0.5, 0.6) is 0 Å². The van der Waals surface area contributed by atoms with Crippen LogP contribution < -0.4 is 9.80 Å². The number of hydrogen-bond acceptors (Lipinski definition) is 8. The molecule has 4 heterocycles. The van der Waals surface area contributed by atoms with Crippen molar-refractivity contribution in [3.8, 4) is 0 Å². The Balaban J connectivity index is 1.39. The van der Waals surface area contributed by atoms with E-state index in [9.17, 15) is 4.79 Å². The zero-order valence-corrected chi connectivity index (χ0v) is 18.8. The summed E-state index contributed by atoms with van der Waals surface area (Å²) in [5.41, 5.74) is 1.44. The summed E-state index contributed by atoms with van der Waals surface area (Å²) in [4.78, 5) is 34.6. The van der Waals surface area contributed by atoms with Gasteiger partial charge in [-0.05, 0) is 25.7 Å². The number of nitrogens with zero attached hydrogens (tertiary/aromatic N) is 7. The molecule has 2 aliphatic heterocycles. The minimum atomic E-state index is -0.157. The van der Waals surface area contributed by atoms with Crippen LogP contribution in [0.1, 0.15) is 16.1 Å². The molecule has 0 bridgehead atoms. The van der Waals surface area contributed by atoms with Crippen molar-refractivity contribution in [1.82, 2.24) is 24.8 Å². The van der Waals surface area contributed by atoms with E-state index in [0.717, 1.165) is 12.4 Å². The standard InChI is InChI=1S/C21H28ClN7O2/c1-26(2)15-16-3-4-18(23-13-16)27-5-7-28(8-6-27)20(30)19-17(22)14-24-21(25-19)29-9-11-31-12-10-29/h3-4,13-14H,5-12,15H2,1-2H3. The smallest absolute Gasteiger partial charge is 0.274 e. The molecular formula is C21H28ClN7O2. The molecule has 0 spiro atoms. The van der Waals surface area contributed by atoms with Gasteiger partial charge in [-0.1, -0.05) is 17.7 Å². The van der Waals surface area contributed by atoms with Gasteiger partial charge in [-0.3, -0.25) is 4.79 Å². The second-order valence-electron chi connectivity index (χ2n) is 8.01. The number of amides is 1. The molecular weight excluding hydrogens is 418 g/mol. The van der Waals surface area contributed by atoms with Crippen molar-refractivity contribution in [1.29, 1.82) is 0 Å². The van der Waals surface area contributed by atoms with Crippen LogP contribution in [0.2, 0.25) is 5.02 Å². The van der Waals surface area contributed by atoms with Crippen LogP contribution in [0.25, 0.3) is 0 Å². The summed E-state index contributed by atoms with van der Waals surface area (Å²) in [5, 5.41) is 0.280. The monoisotopic (exact) mass is 445 g/mol. The second-order valence-corrected chi connectivity index (χ2v) is 8.41. The van der Waals surface area contributed by atoms with E-state index in [1.165, 1.54) is 11.8 Å². The van der Waals surface area contributed by atoms with Gasteiger partial charge in [0.05, 0.1) is 24.4 Å². The number of carbonyl (C=O) groups is 1.